The minimum atomic E-state index is -0.287. The smallest absolute Gasteiger partial charge is 0.311 e. The maximum absolute atomic E-state index is 11.4. The van der Waals surface area contributed by atoms with Gasteiger partial charge in [-0.2, -0.15) is 10.1 Å². The number of esters is 1. The maximum atomic E-state index is 11.4. The number of nitrogens with one attached hydrogen (secondary N) is 1. The van der Waals surface area contributed by atoms with Crippen LogP contribution in [0.5, 0.6) is 0 Å². The molecule has 0 amide bonds. The Hall–Kier alpha value is -3.07. The van der Waals surface area contributed by atoms with Crippen molar-refractivity contribution in [2.45, 2.75) is 13.3 Å². The van der Waals surface area contributed by atoms with Crippen LogP contribution in [0.2, 0.25) is 0 Å². The Morgan fingerprint density at radius 2 is 2.24 bits per heavy atom. The molecule has 0 fully saturated rings. The van der Waals surface area contributed by atoms with E-state index in [1.54, 1.807) is 18.5 Å². The van der Waals surface area contributed by atoms with Crippen LogP contribution in [0.4, 0.5) is 5.13 Å². The number of hydrogen-bond acceptors (Lipinski definition) is 9. The first-order valence-corrected chi connectivity index (χ1v) is 8.38. The van der Waals surface area contributed by atoms with E-state index in [9.17, 15) is 4.79 Å². The number of carbonyl (C=O) groups excluding carboxylic acids is 1. The average molecular weight is 357 g/mol. The normalized spacial score (nSPS) is 10.9. The van der Waals surface area contributed by atoms with Gasteiger partial charge >= 0.3 is 5.97 Å². The van der Waals surface area contributed by atoms with Gasteiger partial charge in [0.15, 0.2) is 0 Å². The summed E-state index contributed by atoms with van der Waals surface area (Å²) in [7, 11) is 0. The van der Waals surface area contributed by atoms with Gasteiger partial charge in [0, 0.05) is 10.9 Å². The van der Waals surface area contributed by atoms with Crippen LogP contribution in [0.1, 0.15) is 18.2 Å². The van der Waals surface area contributed by atoms with Gasteiger partial charge in [-0.05, 0) is 12.5 Å². The van der Waals surface area contributed by atoms with Gasteiger partial charge in [-0.25, -0.2) is 4.98 Å². The molecule has 1 N–H and O–H groups in total. The van der Waals surface area contributed by atoms with Gasteiger partial charge in [0.05, 0.1) is 24.9 Å². The molecule has 25 heavy (non-hydrogen) atoms. The van der Waals surface area contributed by atoms with E-state index in [0.29, 0.717) is 23.3 Å². The highest BCUT2D eigenvalue weighted by Crippen LogP contribution is 2.17. The lowest BCUT2D eigenvalue weighted by molar-refractivity contribution is -0.142. The number of carbonyl (C=O) groups is 1. The first-order chi connectivity index (χ1) is 12.2. The predicted molar refractivity (Wildman–Crippen MR) is 93.4 cm³/mol. The minimum absolute atomic E-state index is 0.160. The topological polar surface area (TPSA) is 102 Å². The molecular weight excluding hydrogens is 342 g/mol. The summed E-state index contributed by atoms with van der Waals surface area (Å²) < 4.78 is 9.61. The van der Waals surface area contributed by atoms with Crippen LogP contribution >= 0.6 is 11.3 Å². The first kappa shape index (κ1) is 16.8. The van der Waals surface area contributed by atoms with Crippen LogP contribution in [0.15, 0.2) is 45.7 Å². The number of hydrazone groups is 1. The Morgan fingerprint density at radius 1 is 1.40 bits per heavy atom. The third-order valence-corrected chi connectivity index (χ3v) is 3.88. The summed E-state index contributed by atoms with van der Waals surface area (Å²) in [4.78, 5) is 19.7. The van der Waals surface area contributed by atoms with Gasteiger partial charge in [0.2, 0.25) is 17.3 Å². The van der Waals surface area contributed by atoms with E-state index in [2.05, 4.69) is 25.7 Å². The summed E-state index contributed by atoms with van der Waals surface area (Å²) in [6.45, 7) is 2.14. The summed E-state index contributed by atoms with van der Waals surface area (Å²) in [5.74, 6) is 0.253. The summed E-state index contributed by atoms with van der Waals surface area (Å²) in [6.07, 6.45) is 3.12. The SMILES string of the molecule is CCOC(=O)Cc1csc(NN=Cc2ccc(-c3ncon3)cc2)n1. The Balaban J connectivity index is 1.54. The van der Waals surface area contributed by atoms with Crippen molar-refractivity contribution in [2.75, 3.05) is 12.0 Å². The van der Waals surface area contributed by atoms with Crippen molar-refractivity contribution in [2.24, 2.45) is 5.10 Å². The fourth-order valence-corrected chi connectivity index (χ4v) is 2.64. The lowest BCUT2D eigenvalue weighted by Crippen LogP contribution is -2.07. The van der Waals surface area contributed by atoms with Crippen LogP contribution in [0.25, 0.3) is 11.4 Å². The number of anilines is 1. The monoisotopic (exact) mass is 357 g/mol. The summed E-state index contributed by atoms with van der Waals surface area (Å²) >= 11 is 1.37. The van der Waals surface area contributed by atoms with E-state index in [1.165, 1.54) is 17.7 Å². The molecule has 0 bridgehead atoms. The number of aromatic nitrogens is 3. The first-order valence-electron chi connectivity index (χ1n) is 7.50. The number of rotatable bonds is 7. The molecule has 0 aliphatic carbocycles. The fraction of sp³-hybridized carbons (Fsp3) is 0.188. The Kier molecular flexibility index (Phi) is 5.47. The molecule has 0 aliphatic heterocycles. The number of ether oxygens (including phenoxy) is 1. The quantitative estimate of drug-likeness (QED) is 0.394. The number of thiazole rings is 1. The molecule has 1 aromatic carbocycles. The van der Waals surface area contributed by atoms with Crippen molar-refractivity contribution in [1.82, 2.24) is 15.1 Å². The Labute approximate surface area is 147 Å². The zero-order valence-corrected chi connectivity index (χ0v) is 14.2. The van der Waals surface area contributed by atoms with Crippen molar-refractivity contribution in [1.29, 1.82) is 0 Å². The van der Waals surface area contributed by atoms with Crippen molar-refractivity contribution in [3.63, 3.8) is 0 Å². The van der Waals surface area contributed by atoms with Crippen molar-refractivity contribution in [3.8, 4) is 11.4 Å². The van der Waals surface area contributed by atoms with Gasteiger partial charge in [-0.1, -0.05) is 29.4 Å². The zero-order chi connectivity index (χ0) is 17.5. The molecule has 0 saturated carbocycles. The standard InChI is InChI=1S/C16H15N5O3S/c1-2-23-14(22)7-13-9-25-16(19-13)20-18-8-11-3-5-12(6-4-11)15-17-10-24-21-15/h3-6,8-10H,2,7H2,1H3,(H,19,20). The number of hydrogen-bond donors (Lipinski definition) is 1. The van der Waals surface area contributed by atoms with Crippen LogP contribution in [0.3, 0.4) is 0 Å². The van der Waals surface area contributed by atoms with Crippen LogP contribution in [0, 0.1) is 0 Å². The predicted octanol–water partition coefficient (Wildman–Crippen LogP) is 2.74. The van der Waals surface area contributed by atoms with Crippen LogP contribution in [-0.4, -0.2) is 33.9 Å². The second-order valence-corrected chi connectivity index (χ2v) is 5.73. The lowest BCUT2D eigenvalue weighted by Gasteiger charge is -1.98. The Bertz CT molecular complexity index is 843. The molecule has 128 valence electrons. The maximum Gasteiger partial charge on any atom is 0.311 e. The molecule has 0 saturated heterocycles. The molecule has 0 radical (unpaired) electrons. The summed E-state index contributed by atoms with van der Waals surface area (Å²) in [5.41, 5.74) is 5.27. The molecule has 0 unspecified atom stereocenters. The third-order valence-electron chi connectivity index (χ3n) is 3.09. The highest BCUT2D eigenvalue weighted by molar-refractivity contribution is 7.13. The van der Waals surface area contributed by atoms with E-state index in [1.807, 2.05) is 24.3 Å². The van der Waals surface area contributed by atoms with Gasteiger partial charge in [0.1, 0.15) is 0 Å². The van der Waals surface area contributed by atoms with Gasteiger partial charge in [-0.3, -0.25) is 10.2 Å². The molecule has 8 nitrogen and oxygen atoms in total. The number of benzene rings is 1. The average Bonchev–Trinajstić information content (AvgIpc) is 3.28. The van der Waals surface area contributed by atoms with Crippen molar-refractivity contribution in [3.05, 3.63) is 47.3 Å². The lowest BCUT2D eigenvalue weighted by atomic mass is 10.1. The van der Waals surface area contributed by atoms with E-state index in [0.717, 1.165) is 11.1 Å². The summed E-state index contributed by atoms with van der Waals surface area (Å²) in [6, 6.07) is 7.55. The minimum Gasteiger partial charge on any atom is -0.466 e. The molecule has 0 spiro atoms. The van der Waals surface area contributed by atoms with E-state index < -0.39 is 0 Å². The second-order valence-electron chi connectivity index (χ2n) is 4.87. The van der Waals surface area contributed by atoms with Gasteiger partial charge < -0.3 is 9.26 Å². The summed E-state index contributed by atoms with van der Waals surface area (Å²) in [5, 5.41) is 10.3. The van der Waals surface area contributed by atoms with E-state index in [-0.39, 0.29) is 12.4 Å². The highest BCUT2D eigenvalue weighted by atomic mass is 32.1. The van der Waals surface area contributed by atoms with Crippen molar-refractivity contribution >= 4 is 28.7 Å². The van der Waals surface area contributed by atoms with Gasteiger partial charge in [-0.15, -0.1) is 11.3 Å². The van der Waals surface area contributed by atoms with Crippen LogP contribution < -0.4 is 5.43 Å². The zero-order valence-electron chi connectivity index (χ0n) is 13.4. The Morgan fingerprint density at radius 3 is 2.96 bits per heavy atom. The molecule has 3 rings (SSSR count). The van der Waals surface area contributed by atoms with Crippen molar-refractivity contribution < 1.29 is 14.1 Å². The third kappa shape index (κ3) is 4.70. The molecule has 0 atom stereocenters. The molecule has 2 aromatic heterocycles. The highest BCUT2D eigenvalue weighted by Gasteiger charge is 2.07. The largest absolute Gasteiger partial charge is 0.466 e. The van der Waals surface area contributed by atoms with E-state index in [4.69, 9.17) is 9.26 Å². The molecule has 0 aliphatic rings. The molecular formula is C16H15N5O3S. The fourth-order valence-electron chi connectivity index (χ4n) is 1.98. The molecule has 2 heterocycles. The molecule has 3 aromatic rings. The molecule has 9 heteroatoms. The van der Waals surface area contributed by atoms with Gasteiger partial charge in [0.25, 0.3) is 0 Å². The van der Waals surface area contributed by atoms with Crippen LogP contribution in [-0.2, 0) is 16.0 Å². The van der Waals surface area contributed by atoms with E-state index >= 15 is 0 Å². The number of nitrogens with zero attached hydrogens (tertiary/aromatic N) is 4. The second kappa shape index (κ2) is 8.15.